The molecule has 1 heterocycles. The maximum atomic E-state index is 12.1. The van der Waals surface area contributed by atoms with Crippen LogP contribution in [0.15, 0.2) is 30.3 Å². The number of benzene rings is 1. The van der Waals surface area contributed by atoms with Gasteiger partial charge in [-0.3, -0.25) is 0 Å². The second kappa shape index (κ2) is 6.09. The molecule has 0 saturated carbocycles. The fraction of sp³-hybridized carbons (Fsp3) is 0.100. The summed E-state index contributed by atoms with van der Waals surface area (Å²) in [6.45, 7) is 0. The Kier molecular flexibility index (Phi) is 4.99. The van der Waals surface area contributed by atoms with E-state index in [9.17, 15) is 26.0 Å². The first kappa shape index (κ1) is 15.6. The molecule has 9 heteroatoms. The number of hydrogen-bond acceptors (Lipinski definition) is 1. The van der Waals surface area contributed by atoms with Crippen molar-refractivity contribution in [2.24, 2.45) is 7.05 Å². The minimum atomic E-state index is -6.00. The normalized spacial score (nSPS) is 10.9. The Morgan fingerprint density at radius 3 is 2.16 bits per heavy atom. The Labute approximate surface area is 108 Å². The van der Waals surface area contributed by atoms with E-state index in [0.717, 1.165) is 16.3 Å². The van der Waals surface area contributed by atoms with Crippen molar-refractivity contribution in [1.29, 1.82) is 0 Å². The molecule has 0 fully saturated rings. The summed E-state index contributed by atoms with van der Waals surface area (Å²) in [4.78, 5) is 0. The van der Waals surface area contributed by atoms with Crippen molar-refractivity contribution in [1.82, 2.24) is 0 Å². The lowest BCUT2D eigenvalue weighted by Crippen LogP contribution is -2.28. The van der Waals surface area contributed by atoms with Gasteiger partial charge < -0.3 is 17.3 Å². The van der Waals surface area contributed by atoms with E-state index in [-0.39, 0.29) is 0 Å². The van der Waals surface area contributed by atoms with Gasteiger partial charge in [0.05, 0.1) is 6.08 Å². The average Bonchev–Trinajstić information content (AvgIpc) is 2.53. The van der Waals surface area contributed by atoms with Crippen molar-refractivity contribution in [3.05, 3.63) is 35.4 Å². The lowest BCUT2D eigenvalue weighted by Gasteiger charge is -1.94. The number of hydrogen-bond donors (Lipinski definition) is 0. The van der Waals surface area contributed by atoms with Gasteiger partial charge in [0.2, 0.25) is 5.52 Å². The lowest BCUT2D eigenvalue weighted by atomic mass is 10.3. The Morgan fingerprint density at radius 2 is 1.68 bits per heavy atom. The number of rotatable bonds is 1. The molecule has 0 aliphatic rings. The van der Waals surface area contributed by atoms with E-state index in [1.54, 1.807) is 11.6 Å². The summed E-state index contributed by atoms with van der Waals surface area (Å²) in [7, 11) is -4.21. The van der Waals surface area contributed by atoms with Crippen LogP contribution >= 0.6 is 11.3 Å². The molecule has 0 radical (unpaired) electrons. The van der Waals surface area contributed by atoms with Gasteiger partial charge in [0.1, 0.15) is 11.7 Å². The predicted molar refractivity (Wildman–Crippen MR) is 63.4 cm³/mol. The smallest absolute Gasteiger partial charge is 0.418 e. The van der Waals surface area contributed by atoms with Gasteiger partial charge in [0.25, 0.3) is 11.1 Å². The largest absolute Gasteiger partial charge is 0.673 e. The molecular formula is C10H8BF6NS. The highest BCUT2D eigenvalue weighted by molar-refractivity contribution is 7.18. The van der Waals surface area contributed by atoms with Crippen LogP contribution < -0.4 is 4.57 Å². The quantitative estimate of drug-likeness (QED) is 0.421. The Bertz CT molecular complexity index is 581. The van der Waals surface area contributed by atoms with E-state index < -0.39 is 13.3 Å². The molecule has 0 bridgehead atoms. The van der Waals surface area contributed by atoms with E-state index in [1.165, 1.54) is 11.3 Å². The van der Waals surface area contributed by atoms with E-state index in [4.69, 9.17) is 0 Å². The number of aromatic nitrogens is 1. The molecule has 1 aromatic carbocycles. The van der Waals surface area contributed by atoms with E-state index >= 15 is 0 Å². The molecule has 0 aliphatic heterocycles. The summed E-state index contributed by atoms with van der Waals surface area (Å²) >= 11 is 1.36. The first-order valence-corrected chi connectivity index (χ1v) is 5.77. The fourth-order valence-corrected chi connectivity index (χ4v) is 2.40. The van der Waals surface area contributed by atoms with Gasteiger partial charge in [-0.05, 0) is 6.07 Å². The third kappa shape index (κ3) is 5.33. The first-order chi connectivity index (χ1) is 8.68. The molecule has 0 unspecified atom stereocenters. The maximum Gasteiger partial charge on any atom is 0.673 e. The van der Waals surface area contributed by atoms with Crippen LogP contribution in [-0.4, -0.2) is 7.25 Å². The summed E-state index contributed by atoms with van der Waals surface area (Å²) in [5, 5.41) is 0.561. The minimum Gasteiger partial charge on any atom is -0.418 e. The average molecular weight is 299 g/mol. The molecule has 2 aromatic rings. The molecule has 0 amide bonds. The molecule has 19 heavy (non-hydrogen) atoms. The van der Waals surface area contributed by atoms with Crippen LogP contribution in [0.2, 0.25) is 0 Å². The third-order valence-electron chi connectivity index (χ3n) is 2.00. The first-order valence-electron chi connectivity index (χ1n) is 4.96. The summed E-state index contributed by atoms with van der Waals surface area (Å²) in [6.07, 6.45) is -0.767. The van der Waals surface area contributed by atoms with Crippen molar-refractivity contribution in [3.63, 3.8) is 0 Å². The molecular weight excluding hydrogens is 291 g/mol. The number of thiazole rings is 1. The van der Waals surface area contributed by atoms with Gasteiger partial charge in [-0.15, -0.1) is 0 Å². The van der Waals surface area contributed by atoms with Crippen LogP contribution in [0.25, 0.3) is 16.3 Å². The Balaban J connectivity index is 0.000000312. The number of fused-ring (bicyclic) bond motifs is 1. The van der Waals surface area contributed by atoms with Crippen LogP contribution in [0.1, 0.15) is 5.01 Å². The summed E-state index contributed by atoms with van der Waals surface area (Å²) in [5.41, 5.74) is 0.977. The third-order valence-corrected chi connectivity index (χ3v) is 3.17. The predicted octanol–water partition coefficient (Wildman–Crippen LogP) is 4.26. The van der Waals surface area contributed by atoms with Crippen molar-refractivity contribution < 1.29 is 30.6 Å². The highest BCUT2D eigenvalue weighted by Crippen LogP contribution is 2.21. The summed E-state index contributed by atoms with van der Waals surface area (Å²) < 4.78 is 65.9. The number of para-hydroxylation sites is 1. The van der Waals surface area contributed by atoms with Gasteiger partial charge in [0.15, 0.2) is 0 Å². The lowest BCUT2D eigenvalue weighted by molar-refractivity contribution is -0.642. The molecule has 104 valence electrons. The van der Waals surface area contributed by atoms with Gasteiger partial charge in [0, 0.05) is 6.07 Å². The standard InChI is InChI=1S/C10H8F2NS.BF4/c1-13-7-4-2-3-5-8(7)14-10(13)6-9(11)12;2-1(3,4)5/h2-6H,1H3;/q+1;-1. The van der Waals surface area contributed by atoms with Crippen LogP contribution in [0.3, 0.4) is 0 Å². The molecule has 2 rings (SSSR count). The molecule has 1 nitrogen and oxygen atoms in total. The SMILES string of the molecule is C[n+]1c(C=C(F)F)sc2ccccc21.F[B-](F)(F)F. The monoisotopic (exact) mass is 299 g/mol. The summed E-state index contributed by atoms with van der Waals surface area (Å²) in [5.74, 6) is 0. The summed E-state index contributed by atoms with van der Waals surface area (Å²) in [6, 6.07) is 7.64. The molecule has 0 aliphatic carbocycles. The molecule has 0 spiro atoms. The van der Waals surface area contributed by atoms with Crippen molar-refractivity contribution in [2.45, 2.75) is 0 Å². The van der Waals surface area contributed by atoms with E-state index in [1.807, 2.05) is 24.3 Å². The topological polar surface area (TPSA) is 3.88 Å². The molecule has 0 atom stereocenters. The van der Waals surface area contributed by atoms with Crippen molar-refractivity contribution >= 4 is 34.9 Å². The maximum absolute atomic E-state index is 12.1. The number of halogens is 6. The Morgan fingerprint density at radius 1 is 1.16 bits per heavy atom. The van der Waals surface area contributed by atoms with Crippen LogP contribution in [-0.2, 0) is 7.05 Å². The number of nitrogens with zero attached hydrogens (tertiary/aromatic N) is 1. The van der Waals surface area contributed by atoms with E-state index in [2.05, 4.69) is 0 Å². The molecule has 1 aromatic heterocycles. The zero-order chi connectivity index (χ0) is 14.6. The van der Waals surface area contributed by atoms with Crippen LogP contribution in [0.5, 0.6) is 0 Å². The van der Waals surface area contributed by atoms with Crippen molar-refractivity contribution in [2.75, 3.05) is 0 Å². The van der Waals surface area contributed by atoms with Gasteiger partial charge in [-0.25, -0.2) is 0 Å². The zero-order valence-corrected chi connectivity index (χ0v) is 10.4. The molecule has 0 N–H and O–H groups in total. The molecule has 0 saturated heterocycles. The second-order valence-electron chi connectivity index (χ2n) is 3.40. The zero-order valence-electron chi connectivity index (χ0n) is 9.59. The van der Waals surface area contributed by atoms with Crippen molar-refractivity contribution in [3.8, 4) is 0 Å². The second-order valence-corrected chi connectivity index (χ2v) is 4.46. The minimum absolute atomic E-state index is 0.561. The Hall–Kier alpha value is -1.51. The van der Waals surface area contributed by atoms with Crippen LogP contribution in [0, 0.1) is 0 Å². The van der Waals surface area contributed by atoms with Gasteiger partial charge >= 0.3 is 7.25 Å². The highest BCUT2D eigenvalue weighted by Gasteiger charge is 2.20. The van der Waals surface area contributed by atoms with Gasteiger partial charge in [-0.2, -0.15) is 13.3 Å². The fourth-order valence-electron chi connectivity index (χ4n) is 1.34. The number of aryl methyl sites for hydroxylation is 1. The van der Waals surface area contributed by atoms with E-state index in [0.29, 0.717) is 5.01 Å². The van der Waals surface area contributed by atoms with Gasteiger partial charge in [-0.1, -0.05) is 23.5 Å². The highest BCUT2D eigenvalue weighted by atomic mass is 32.1. The van der Waals surface area contributed by atoms with Crippen LogP contribution in [0.4, 0.5) is 26.0 Å².